The Balaban J connectivity index is 1.67. The summed E-state index contributed by atoms with van der Waals surface area (Å²) in [5.74, 6) is -0.675. The van der Waals surface area contributed by atoms with Crippen molar-refractivity contribution in [3.63, 3.8) is 0 Å². The molecule has 0 bridgehead atoms. The number of halogens is 2. The van der Waals surface area contributed by atoms with Gasteiger partial charge in [-0.1, -0.05) is 11.6 Å². The molecular weight excluding hydrogens is 335 g/mol. The van der Waals surface area contributed by atoms with Gasteiger partial charge >= 0.3 is 0 Å². The van der Waals surface area contributed by atoms with Crippen LogP contribution in [0.3, 0.4) is 0 Å². The highest BCUT2D eigenvalue weighted by atomic mass is 35.5. The summed E-state index contributed by atoms with van der Waals surface area (Å²) in [5.41, 5.74) is 1.03. The zero-order chi connectivity index (χ0) is 17.1. The van der Waals surface area contributed by atoms with Gasteiger partial charge in [0.1, 0.15) is 11.6 Å². The van der Waals surface area contributed by atoms with E-state index in [1.807, 2.05) is 0 Å². The van der Waals surface area contributed by atoms with Crippen molar-refractivity contribution in [1.29, 1.82) is 0 Å². The average molecular weight is 347 g/mol. The number of hydrogen-bond acceptors (Lipinski definition) is 3. The van der Waals surface area contributed by atoms with Gasteiger partial charge in [0, 0.05) is 23.3 Å². The number of aromatic nitrogens is 1. The molecule has 2 N–H and O–H groups in total. The van der Waals surface area contributed by atoms with Gasteiger partial charge in [0.2, 0.25) is 0 Å². The van der Waals surface area contributed by atoms with Crippen LogP contribution < -0.4 is 15.5 Å². The van der Waals surface area contributed by atoms with E-state index in [0.717, 1.165) is 6.07 Å². The molecule has 1 aromatic heterocycles. The maximum Gasteiger partial charge on any atom is 0.262 e. The van der Waals surface area contributed by atoms with Crippen LogP contribution in [0.4, 0.5) is 10.1 Å². The highest BCUT2D eigenvalue weighted by Crippen LogP contribution is 2.24. The first-order valence-electron chi connectivity index (χ1n) is 7.02. The fourth-order valence-electron chi connectivity index (χ4n) is 2.19. The van der Waals surface area contributed by atoms with Crippen molar-refractivity contribution in [3.05, 3.63) is 69.7 Å². The Kier molecular flexibility index (Phi) is 4.48. The fourth-order valence-corrected chi connectivity index (χ4v) is 2.41. The van der Waals surface area contributed by atoms with E-state index in [9.17, 15) is 14.0 Å². The molecule has 0 spiro atoms. The molecule has 0 radical (unpaired) electrons. The van der Waals surface area contributed by atoms with Gasteiger partial charge in [-0.15, -0.1) is 0 Å². The summed E-state index contributed by atoms with van der Waals surface area (Å²) < 4.78 is 18.2. The number of amides is 1. The SMILES string of the molecule is O=C(COc1ccc(F)cc1Cl)Nc1ccc2c(=O)cc[nH]c2c1. The minimum absolute atomic E-state index is 0.0890. The van der Waals surface area contributed by atoms with Gasteiger partial charge < -0.3 is 15.0 Å². The molecule has 0 aliphatic carbocycles. The average Bonchev–Trinajstić information content (AvgIpc) is 2.54. The summed E-state index contributed by atoms with van der Waals surface area (Å²) in [7, 11) is 0. The zero-order valence-electron chi connectivity index (χ0n) is 12.3. The number of carbonyl (C=O) groups is 1. The van der Waals surface area contributed by atoms with E-state index in [-0.39, 0.29) is 22.8 Å². The second-order valence-electron chi connectivity index (χ2n) is 5.01. The van der Waals surface area contributed by atoms with Crippen LogP contribution in [0.2, 0.25) is 5.02 Å². The number of H-pyrrole nitrogens is 1. The van der Waals surface area contributed by atoms with Crippen molar-refractivity contribution in [3.8, 4) is 5.75 Å². The molecule has 3 aromatic rings. The molecule has 0 aliphatic heterocycles. The van der Waals surface area contributed by atoms with Crippen molar-refractivity contribution in [2.24, 2.45) is 0 Å². The number of nitrogens with one attached hydrogen (secondary N) is 2. The van der Waals surface area contributed by atoms with Crippen molar-refractivity contribution in [1.82, 2.24) is 4.98 Å². The van der Waals surface area contributed by atoms with Crippen molar-refractivity contribution >= 4 is 34.1 Å². The van der Waals surface area contributed by atoms with Crippen LogP contribution in [0.5, 0.6) is 5.75 Å². The quantitative estimate of drug-likeness (QED) is 0.761. The molecule has 0 fully saturated rings. The van der Waals surface area contributed by atoms with E-state index in [1.165, 1.54) is 24.4 Å². The summed E-state index contributed by atoms with van der Waals surface area (Å²) in [6.45, 7) is -0.283. The van der Waals surface area contributed by atoms with E-state index < -0.39 is 11.7 Å². The Hall–Kier alpha value is -2.86. The van der Waals surface area contributed by atoms with Crippen LogP contribution in [0, 0.1) is 5.82 Å². The number of carbonyl (C=O) groups excluding carboxylic acids is 1. The third-order valence-electron chi connectivity index (χ3n) is 3.30. The van der Waals surface area contributed by atoms with E-state index in [0.29, 0.717) is 16.6 Å². The topological polar surface area (TPSA) is 71.2 Å². The molecule has 24 heavy (non-hydrogen) atoms. The maximum absolute atomic E-state index is 12.9. The van der Waals surface area contributed by atoms with Crippen LogP contribution in [0.15, 0.2) is 53.5 Å². The first-order valence-corrected chi connectivity index (χ1v) is 7.40. The second-order valence-corrected chi connectivity index (χ2v) is 5.42. The number of ether oxygens (including phenoxy) is 1. The van der Waals surface area contributed by atoms with Gasteiger partial charge in [-0.3, -0.25) is 9.59 Å². The number of aromatic amines is 1. The molecule has 0 atom stereocenters. The molecule has 122 valence electrons. The summed E-state index contributed by atoms with van der Waals surface area (Å²) >= 11 is 5.82. The minimum atomic E-state index is -0.484. The first-order chi connectivity index (χ1) is 11.5. The standard InChI is InChI=1S/C17H12ClFN2O3/c18-13-7-10(19)1-4-16(13)24-9-17(23)21-11-2-3-12-14(8-11)20-6-5-15(12)22/h1-8H,9H2,(H,20,22)(H,21,23). The lowest BCUT2D eigenvalue weighted by Crippen LogP contribution is -2.20. The van der Waals surface area contributed by atoms with E-state index >= 15 is 0 Å². The third kappa shape index (κ3) is 3.55. The van der Waals surface area contributed by atoms with E-state index in [1.54, 1.807) is 18.2 Å². The third-order valence-corrected chi connectivity index (χ3v) is 3.59. The van der Waals surface area contributed by atoms with Crippen LogP contribution in [0.25, 0.3) is 10.9 Å². The van der Waals surface area contributed by atoms with Crippen LogP contribution in [-0.4, -0.2) is 17.5 Å². The molecule has 0 saturated heterocycles. The first kappa shape index (κ1) is 16.0. The largest absolute Gasteiger partial charge is 0.482 e. The number of rotatable bonds is 4. The molecule has 1 amide bonds. The lowest BCUT2D eigenvalue weighted by atomic mass is 10.2. The molecule has 5 nitrogen and oxygen atoms in total. The zero-order valence-corrected chi connectivity index (χ0v) is 13.1. The number of anilines is 1. The van der Waals surface area contributed by atoms with Gasteiger partial charge in [-0.2, -0.15) is 0 Å². The monoisotopic (exact) mass is 346 g/mol. The van der Waals surface area contributed by atoms with Gasteiger partial charge in [-0.05, 0) is 36.4 Å². The lowest BCUT2D eigenvalue weighted by Gasteiger charge is -2.09. The highest BCUT2D eigenvalue weighted by molar-refractivity contribution is 6.32. The molecule has 0 unspecified atom stereocenters. The normalized spacial score (nSPS) is 10.6. The van der Waals surface area contributed by atoms with Crippen molar-refractivity contribution < 1.29 is 13.9 Å². The molecule has 1 heterocycles. The highest BCUT2D eigenvalue weighted by Gasteiger charge is 2.08. The predicted molar refractivity (Wildman–Crippen MR) is 90.1 cm³/mol. The summed E-state index contributed by atoms with van der Waals surface area (Å²) in [6, 6.07) is 9.99. The Morgan fingerprint density at radius 1 is 1.21 bits per heavy atom. The smallest absolute Gasteiger partial charge is 0.262 e. The van der Waals surface area contributed by atoms with Crippen LogP contribution in [0.1, 0.15) is 0 Å². The van der Waals surface area contributed by atoms with Crippen molar-refractivity contribution in [2.45, 2.75) is 0 Å². The molecule has 3 rings (SSSR count). The Morgan fingerprint density at radius 2 is 2.04 bits per heavy atom. The summed E-state index contributed by atoms with van der Waals surface area (Å²) in [6.07, 6.45) is 1.54. The Labute approximate surface area is 141 Å². The van der Waals surface area contributed by atoms with Gasteiger partial charge in [0.25, 0.3) is 5.91 Å². The van der Waals surface area contributed by atoms with Crippen molar-refractivity contribution in [2.75, 3.05) is 11.9 Å². The predicted octanol–water partition coefficient (Wildman–Crippen LogP) is 3.34. The molecular formula is C17H12ClFN2O3. The number of hydrogen-bond donors (Lipinski definition) is 2. The maximum atomic E-state index is 12.9. The van der Waals surface area contributed by atoms with Crippen LogP contribution >= 0.6 is 11.6 Å². The second kappa shape index (κ2) is 6.72. The van der Waals surface area contributed by atoms with Gasteiger partial charge in [0.15, 0.2) is 12.0 Å². The summed E-state index contributed by atoms with van der Waals surface area (Å²) in [4.78, 5) is 26.5. The Bertz CT molecular complexity index is 971. The molecule has 0 saturated carbocycles. The molecule has 0 aliphatic rings. The fraction of sp³-hybridized carbons (Fsp3) is 0.0588. The lowest BCUT2D eigenvalue weighted by molar-refractivity contribution is -0.118. The van der Waals surface area contributed by atoms with Crippen LogP contribution in [-0.2, 0) is 4.79 Å². The Morgan fingerprint density at radius 3 is 2.83 bits per heavy atom. The van der Waals surface area contributed by atoms with Gasteiger partial charge in [-0.25, -0.2) is 4.39 Å². The minimum Gasteiger partial charge on any atom is -0.482 e. The molecule has 7 heteroatoms. The molecule has 2 aromatic carbocycles. The van der Waals surface area contributed by atoms with Gasteiger partial charge in [0.05, 0.1) is 10.5 Å². The number of pyridine rings is 1. The number of fused-ring (bicyclic) bond motifs is 1. The van der Waals surface area contributed by atoms with E-state index in [4.69, 9.17) is 16.3 Å². The summed E-state index contributed by atoms with van der Waals surface area (Å²) in [5, 5.41) is 3.27. The van der Waals surface area contributed by atoms with E-state index in [2.05, 4.69) is 10.3 Å². The number of benzene rings is 2.